The zero-order chi connectivity index (χ0) is 17.5. The third-order valence-corrected chi connectivity index (χ3v) is 4.22. The topological polar surface area (TPSA) is 38.3 Å². The molecule has 2 aromatic carbocycles. The molecule has 1 amide bonds. The molecule has 0 saturated carbocycles. The van der Waals surface area contributed by atoms with Gasteiger partial charge in [0.15, 0.2) is 6.10 Å². The molecule has 0 aliphatic heterocycles. The molecule has 2 aromatic rings. The number of para-hydroxylation sites is 1. The summed E-state index contributed by atoms with van der Waals surface area (Å²) in [5.74, 6) is 0.470. The number of benzene rings is 2. The summed E-state index contributed by atoms with van der Waals surface area (Å²) in [6.45, 7) is 6.11. The monoisotopic (exact) mass is 345 g/mol. The number of ether oxygens (including phenoxy) is 1. The van der Waals surface area contributed by atoms with Crippen molar-refractivity contribution >= 4 is 23.2 Å². The maximum absolute atomic E-state index is 12.7. The number of anilines is 1. The minimum Gasteiger partial charge on any atom is -0.481 e. The summed E-state index contributed by atoms with van der Waals surface area (Å²) in [5, 5.41) is 3.66. The van der Waals surface area contributed by atoms with Crippen LogP contribution >= 0.6 is 11.6 Å². The van der Waals surface area contributed by atoms with Crippen molar-refractivity contribution in [1.82, 2.24) is 0 Å². The summed E-state index contributed by atoms with van der Waals surface area (Å²) in [4.78, 5) is 12.7. The highest BCUT2D eigenvalue weighted by molar-refractivity contribution is 6.30. The van der Waals surface area contributed by atoms with E-state index >= 15 is 0 Å². The van der Waals surface area contributed by atoms with E-state index in [-0.39, 0.29) is 5.91 Å². The predicted octanol–water partition coefficient (Wildman–Crippen LogP) is 5.26. The van der Waals surface area contributed by atoms with Gasteiger partial charge >= 0.3 is 0 Å². The Morgan fingerprint density at radius 1 is 1.08 bits per heavy atom. The Hall–Kier alpha value is -2.00. The SMILES string of the molecule is CCc1cccc(CC)c1NC(=O)[C@H](CC)Oc1cccc(Cl)c1. The average molecular weight is 346 g/mol. The smallest absolute Gasteiger partial charge is 0.265 e. The van der Waals surface area contributed by atoms with Crippen LogP contribution in [0, 0.1) is 0 Å². The second-order valence-corrected chi connectivity index (χ2v) is 6.06. The summed E-state index contributed by atoms with van der Waals surface area (Å²) in [7, 11) is 0. The minimum atomic E-state index is -0.557. The quantitative estimate of drug-likeness (QED) is 0.743. The first-order chi connectivity index (χ1) is 11.6. The third kappa shape index (κ3) is 4.51. The fourth-order valence-electron chi connectivity index (χ4n) is 2.63. The van der Waals surface area contributed by atoms with Gasteiger partial charge in [-0.05, 0) is 48.6 Å². The number of nitrogens with one attached hydrogen (secondary N) is 1. The average Bonchev–Trinajstić information content (AvgIpc) is 2.59. The summed E-state index contributed by atoms with van der Waals surface area (Å²) in [6, 6.07) is 13.2. The molecule has 128 valence electrons. The van der Waals surface area contributed by atoms with Crippen LogP contribution < -0.4 is 10.1 Å². The first-order valence-corrected chi connectivity index (χ1v) is 8.80. The van der Waals surface area contributed by atoms with Gasteiger partial charge in [-0.3, -0.25) is 4.79 Å². The Bertz CT molecular complexity index is 678. The van der Waals surface area contributed by atoms with Crippen LogP contribution in [0.25, 0.3) is 0 Å². The van der Waals surface area contributed by atoms with Crippen molar-refractivity contribution in [2.45, 2.75) is 46.1 Å². The molecule has 24 heavy (non-hydrogen) atoms. The van der Waals surface area contributed by atoms with E-state index in [0.717, 1.165) is 29.7 Å². The largest absolute Gasteiger partial charge is 0.481 e. The van der Waals surface area contributed by atoms with Crippen LogP contribution in [0.2, 0.25) is 5.02 Å². The fraction of sp³-hybridized carbons (Fsp3) is 0.350. The van der Waals surface area contributed by atoms with Gasteiger partial charge in [-0.1, -0.05) is 56.6 Å². The lowest BCUT2D eigenvalue weighted by Crippen LogP contribution is -2.33. The van der Waals surface area contributed by atoms with Gasteiger partial charge in [0.25, 0.3) is 5.91 Å². The molecule has 4 heteroatoms. The zero-order valence-corrected chi connectivity index (χ0v) is 15.2. The number of hydrogen-bond donors (Lipinski definition) is 1. The molecule has 0 aliphatic carbocycles. The van der Waals surface area contributed by atoms with Gasteiger partial charge < -0.3 is 10.1 Å². The predicted molar refractivity (Wildman–Crippen MR) is 100.0 cm³/mol. The van der Waals surface area contributed by atoms with Gasteiger partial charge in [-0.15, -0.1) is 0 Å². The van der Waals surface area contributed by atoms with Crippen molar-refractivity contribution in [2.24, 2.45) is 0 Å². The molecule has 0 radical (unpaired) electrons. The second-order valence-electron chi connectivity index (χ2n) is 5.62. The first-order valence-electron chi connectivity index (χ1n) is 8.42. The number of amides is 1. The summed E-state index contributed by atoms with van der Waals surface area (Å²) >= 11 is 5.98. The van der Waals surface area contributed by atoms with E-state index in [0.29, 0.717) is 17.2 Å². The van der Waals surface area contributed by atoms with Crippen molar-refractivity contribution in [3.8, 4) is 5.75 Å². The molecule has 0 fully saturated rings. The lowest BCUT2D eigenvalue weighted by molar-refractivity contribution is -0.122. The maximum atomic E-state index is 12.7. The zero-order valence-electron chi connectivity index (χ0n) is 14.4. The Balaban J connectivity index is 2.18. The summed E-state index contributed by atoms with van der Waals surface area (Å²) in [6.07, 6.45) is 1.76. The maximum Gasteiger partial charge on any atom is 0.265 e. The van der Waals surface area contributed by atoms with Crippen molar-refractivity contribution in [2.75, 3.05) is 5.32 Å². The lowest BCUT2D eigenvalue weighted by Gasteiger charge is -2.20. The van der Waals surface area contributed by atoms with Crippen LogP contribution in [0.4, 0.5) is 5.69 Å². The number of rotatable bonds is 7. The van der Waals surface area contributed by atoms with Crippen LogP contribution in [-0.4, -0.2) is 12.0 Å². The van der Waals surface area contributed by atoms with Crippen LogP contribution in [0.15, 0.2) is 42.5 Å². The molecule has 1 atom stereocenters. The summed E-state index contributed by atoms with van der Waals surface area (Å²) in [5.41, 5.74) is 3.20. The van der Waals surface area contributed by atoms with Crippen LogP contribution in [-0.2, 0) is 17.6 Å². The molecule has 0 spiro atoms. The third-order valence-electron chi connectivity index (χ3n) is 3.98. The van der Waals surface area contributed by atoms with Crippen molar-refractivity contribution in [3.63, 3.8) is 0 Å². The molecule has 0 heterocycles. The molecule has 0 saturated heterocycles. The Kier molecular flexibility index (Phi) is 6.68. The Labute approximate surface area is 149 Å². The van der Waals surface area contributed by atoms with Gasteiger partial charge in [0.2, 0.25) is 0 Å². The molecule has 2 rings (SSSR count). The molecule has 0 aromatic heterocycles. The standard InChI is InChI=1S/C20H24ClNO2/c1-4-14-9-7-10-15(5-2)19(14)22-20(23)18(6-3)24-17-12-8-11-16(21)13-17/h7-13,18H,4-6H2,1-3H3,(H,22,23)/t18-/m0/s1. The van der Waals surface area contributed by atoms with Crippen LogP contribution in [0.1, 0.15) is 38.3 Å². The molecule has 1 N–H and O–H groups in total. The minimum absolute atomic E-state index is 0.131. The Morgan fingerprint density at radius 2 is 1.71 bits per heavy atom. The number of carbonyl (C=O) groups excluding carboxylic acids is 1. The fourth-order valence-corrected chi connectivity index (χ4v) is 2.81. The second kappa shape index (κ2) is 8.74. The highest BCUT2D eigenvalue weighted by atomic mass is 35.5. The van der Waals surface area contributed by atoms with Crippen LogP contribution in [0.5, 0.6) is 5.75 Å². The summed E-state index contributed by atoms with van der Waals surface area (Å²) < 4.78 is 5.83. The molecule has 3 nitrogen and oxygen atoms in total. The highest BCUT2D eigenvalue weighted by Gasteiger charge is 2.20. The molecular weight excluding hydrogens is 322 g/mol. The van der Waals surface area contributed by atoms with E-state index in [1.165, 1.54) is 0 Å². The van der Waals surface area contributed by atoms with Crippen molar-refractivity contribution in [1.29, 1.82) is 0 Å². The molecule has 0 aliphatic rings. The highest BCUT2D eigenvalue weighted by Crippen LogP contribution is 2.24. The van der Waals surface area contributed by atoms with E-state index in [1.807, 2.05) is 31.2 Å². The molecule has 0 bridgehead atoms. The van der Waals surface area contributed by atoms with E-state index in [1.54, 1.807) is 18.2 Å². The number of aryl methyl sites for hydroxylation is 2. The Morgan fingerprint density at radius 3 is 2.25 bits per heavy atom. The van der Waals surface area contributed by atoms with Crippen molar-refractivity contribution < 1.29 is 9.53 Å². The normalized spacial score (nSPS) is 11.8. The van der Waals surface area contributed by atoms with Gasteiger partial charge in [-0.2, -0.15) is 0 Å². The number of carbonyl (C=O) groups is 1. The van der Waals surface area contributed by atoms with Gasteiger partial charge in [0.1, 0.15) is 5.75 Å². The number of halogens is 1. The van der Waals surface area contributed by atoms with E-state index < -0.39 is 6.10 Å². The van der Waals surface area contributed by atoms with E-state index in [9.17, 15) is 4.79 Å². The number of hydrogen-bond acceptors (Lipinski definition) is 2. The molecule has 0 unspecified atom stereocenters. The van der Waals surface area contributed by atoms with Crippen LogP contribution in [0.3, 0.4) is 0 Å². The molecular formula is C20H24ClNO2. The van der Waals surface area contributed by atoms with Gasteiger partial charge in [0.05, 0.1) is 0 Å². The lowest BCUT2D eigenvalue weighted by atomic mass is 10.0. The van der Waals surface area contributed by atoms with E-state index in [2.05, 4.69) is 19.2 Å². The van der Waals surface area contributed by atoms with Crippen molar-refractivity contribution in [3.05, 3.63) is 58.6 Å². The van der Waals surface area contributed by atoms with Gasteiger partial charge in [-0.25, -0.2) is 0 Å². The first kappa shape index (κ1) is 18.3. The van der Waals surface area contributed by atoms with E-state index in [4.69, 9.17) is 16.3 Å². The van der Waals surface area contributed by atoms with Gasteiger partial charge in [0, 0.05) is 10.7 Å².